The van der Waals surface area contributed by atoms with E-state index >= 15 is 0 Å². The van der Waals surface area contributed by atoms with Crippen molar-refractivity contribution < 1.29 is 14.3 Å². The van der Waals surface area contributed by atoms with E-state index in [1.807, 2.05) is 54.6 Å². The molecule has 0 bridgehead atoms. The molecule has 31 heavy (non-hydrogen) atoms. The minimum Gasteiger partial charge on any atom is -0.493 e. The average Bonchev–Trinajstić information content (AvgIpc) is 3.19. The third-order valence-corrected chi connectivity index (χ3v) is 4.57. The zero-order chi connectivity index (χ0) is 22.1. The quantitative estimate of drug-likeness (QED) is 0.524. The number of hydrogen-bond acceptors (Lipinski definition) is 5. The molecule has 0 saturated heterocycles. The molecule has 3 rings (SSSR count). The first kappa shape index (κ1) is 22.0. The van der Waals surface area contributed by atoms with Gasteiger partial charge in [-0.15, -0.1) is 5.10 Å². The number of anilines is 1. The highest BCUT2D eigenvalue weighted by molar-refractivity contribution is 5.88. The van der Waals surface area contributed by atoms with Gasteiger partial charge in [-0.05, 0) is 29.2 Å². The molecule has 2 amide bonds. The maximum atomic E-state index is 12.1. The number of hydrogen-bond donors (Lipinski definition) is 2. The van der Waals surface area contributed by atoms with Crippen LogP contribution >= 0.6 is 0 Å². The lowest BCUT2D eigenvalue weighted by molar-refractivity contribution is -0.122. The predicted octanol–water partition coefficient (Wildman–Crippen LogP) is 3.13. The summed E-state index contributed by atoms with van der Waals surface area (Å²) in [5.41, 5.74) is 2.25. The zero-order valence-corrected chi connectivity index (χ0v) is 17.7. The van der Waals surface area contributed by atoms with E-state index in [2.05, 4.69) is 34.6 Å². The van der Waals surface area contributed by atoms with Gasteiger partial charge in [-0.2, -0.15) is 0 Å². The van der Waals surface area contributed by atoms with Gasteiger partial charge in [-0.1, -0.05) is 56.3 Å². The normalized spacial score (nSPS) is 10.7. The highest BCUT2D eigenvalue weighted by Gasteiger charge is 2.09. The van der Waals surface area contributed by atoms with E-state index in [-0.39, 0.29) is 37.3 Å². The summed E-state index contributed by atoms with van der Waals surface area (Å²) in [4.78, 5) is 28.1. The molecule has 0 aliphatic rings. The van der Waals surface area contributed by atoms with Gasteiger partial charge in [0.1, 0.15) is 18.6 Å². The lowest BCUT2D eigenvalue weighted by Gasteiger charge is -2.08. The first-order valence-corrected chi connectivity index (χ1v) is 10.2. The highest BCUT2D eigenvalue weighted by Crippen LogP contribution is 2.18. The summed E-state index contributed by atoms with van der Waals surface area (Å²) in [6, 6.07) is 17.5. The molecule has 0 saturated carbocycles. The third kappa shape index (κ3) is 7.26. The van der Waals surface area contributed by atoms with Gasteiger partial charge in [0.25, 0.3) is 0 Å². The zero-order valence-electron chi connectivity index (χ0n) is 17.7. The van der Waals surface area contributed by atoms with Crippen LogP contribution in [0.4, 0.5) is 5.95 Å². The van der Waals surface area contributed by atoms with Crippen molar-refractivity contribution in [2.75, 3.05) is 11.9 Å². The van der Waals surface area contributed by atoms with E-state index in [9.17, 15) is 9.59 Å². The number of rotatable bonds is 10. The Bertz CT molecular complexity index is 984. The predicted molar refractivity (Wildman–Crippen MR) is 118 cm³/mol. The number of aromatic nitrogens is 3. The lowest BCUT2D eigenvalue weighted by Crippen LogP contribution is -2.27. The van der Waals surface area contributed by atoms with Crippen molar-refractivity contribution in [1.82, 2.24) is 20.1 Å². The standard InChI is InChI=1S/C23H27N5O3/c1-17(2)19-8-10-20(11-9-19)31-13-12-21(29)26-23-25-16-28(27-23)15-22(30)24-14-18-6-4-3-5-7-18/h3-11,16-17H,12-15H2,1-2H3,(H,24,30)(H,26,27,29). The van der Waals surface area contributed by atoms with Gasteiger partial charge in [-0.3, -0.25) is 14.9 Å². The Morgan fingerprint density at radius 3 is 2.48 bits per heavy atom. The van der Waals surface area contributed by atoms with Gasteiger partial charge in [-0.25, -0.2) is 9.67 Å². The summed E-state index contributed by atoms with van der Waals surface area (Å²) >= 11 is 0. The van der Waals surface area contributed by atoms with E-state index in [1.165, 1.54) is 16.6 Å². The maximum absolute atomic E-state index is 12.1. The van der Waals surface area contributed by atoms with Crippen LogP contribution in [0.25, 0.3) is 0 Å². The van der Waals surface area contributed by atoms with Crippen LogP contribution in [0.1, 0.15) is 37.3 Å². The number of benzene rings is 2. The number of carbonyl (C=O) groups excluding carboxylic acids is 2. The topological polar surface area (TPSA) is 98.1 Å². The summed E-state index contributed by atoms with van der Waals surface area (Å²) in [5, 5.41) is 9.54. The molecule has 8 nitrogen and oxygen atoms in total. The van der Waals surface area contributed by atoms with Crippen molar-refractivity contribution in [2.24, 2.45) is 0 Å². The molecular formula is C23H27N5O3. The van der Waals surface area contributed by atoms with Crippen molar-refractivity contribution in [3.8, 4) is 5.75 Å². The van der Waals surface area contributed by atoms with Crippen LogP contribution in [0.2, 0.25) is 0 Å². The van der Waals surface area contributed by atoms with E-state index in [0.29, 0.717) is 12.5 Å². The van der Waals surface area contributed by atoms with Gasteiger partial charge >= 0.3 is 0 Å². The molecule has 3 aromatic rings. The van der Waals surface area contributed by atoms with Crippen molar-refractivity contribution >= 4 is 17.8 Å². The molecule has 0 atom stereocenters. The maximum Gasteiger partial charge on any atom is 0.248 e. The smallest absolute Gasteiger partial charge is 0.248 e. The average molecular weight is 422 g/mol. The van der Waals surface area contributed by atoms with Gasteiger partial charge in [0.05, 0.1) is 13.0 Å². The molecular weight excluding hydrogens is 394 g/mol. The Morgan fingerprint density at radius 2 is 1.77 bits per heavy atom. The van der Waals surface area contributed by atoms with E-state index in [1.54, 1.807) is 0 Å². The van der Waals surface area contributed by atoms with Crippen LogP contribution in [0.15, 0.2) is 60.9 Å². The Balaban J connectivity index is 1.37. The molecule has 0 aliphatic heterocycles. The summed E-state index contributed by atoms with van der Waals surface area (Å²) in [5.74, 6) is 0.888. The van der Waals surface area contributed by atoms with Gasteiger partial charge in [0.15, 0.2) is 0 Å². The molecule has 162 valence electrons. The Morgan fingerprint density at radius 1 is 1.03 bits per heavy atom. The number of nitrogens with one attached hydrogen (secondary N) is 2. The molecule has 0 spiro atoms. The number of carbonyl (C=O) groups is 2. The summed E-state index contributed by atoms with van der Waals surface area (Å²) in [6.45, 7) is 4.97. The van der Waals surface area contributed by atoms with Crippen molar-refractivity contribution in [2.45, 2.75) is 39.3 Å². The molecule has 1 heterocycles. The van der Waals surface area contributed by atoms with Crippen LogP contribution in [0, 0.1) is 0 Å². The highest BCUT2D eigenvalue weighted by atomic mass is 16.5. The number of amides is 2. The van der Waals surface area contributed by atoms with E-state index in [0.717, 1.165) is 11.3 Å². The van der Waals surface area contributed by atoms with Gasteiger partial charge < -0.3 is 10.1 Å². The van der Waals surface area contributed by atoms with Gasteiger partial charge in [0.2, 0.25) is 17.8 Å². The van der Waals surface area contributed by atoms with Crippen LogP contribution in [0.3, 0.4) is 0 Å². The minimum absolute atomic E-state index is 0.0190. The molecule has 0 aliphatic carbocycles. The monoisotopic (exact) mass is 421 g/mol. The summed E-state index contributed by atoms with van der Waals surface area (Å²) in [7, 11) is 0. The molecule has 2 aromatic carbocycles. The summed E-state index contributed by atoms with van der Waals surface area (Å²) < 4.78 is 6.99. The van der Waals surface area contributed by atoms with Crippen LogP contribution < -0.4 is 15.4 Å². The fourth-order valence-corrected chi connectivity index (χ4v) is 2.83. The molecule has 8 heteroatoms. The van der Waals surface area contributed by atoms with Gasteiger partial charge in [0, 0.05) is 6.54 Å². The fourth-order valence-electron chi connectivity index (χ4n) is 2.83. The van der Waals surface area contributed by atoms with Crippen molar-refractivity contribution in [3.05, 3.63) is 72.1 Å². The second kappa shape index (κ2) is 10.9. The Hall–Kier alpha value is -3.68. The van der Waals surface area contributed by atoms with Crippen molar-refractivity contribution in [1.29, 1.82) is 0 Å². The van der Waals surface area contributed by atoms with E-state index < -0.39 is 0 Å². The second-order valence-electron chi connectivity index (χ2n) is 7.40. The molecule has 1 aromatic heterocycles. The first-order chi connectivity index (χ1) is 15.0. The number of ether oxygens (including phenoxy) is 1. The largest absolute Gasteiger partial charge is 0.493 e. The minimum atomic E-state index is -0.259. The van der Waals surface area contributed by atoms with Crippen molar-refractivity contribution in [3.63, 3.8) is 0 Å². The summed E-state index contributed by atoms with van der Waals surface area (Å²) in [6.07, 6.45) is 1.57. The molecule has 0 fully saturated rings. The molecule has 0 unspecified atom stereocenters. The first-order valence-electron chi connectivity index (χ1n) is 10.2. The Kier molecular flexibility index (Phi) is 7.75. The van der Waals surface area contributed by atoms with E-state index in [4.69, 9.17) is 4.74 Å². The number of nitrogens with zero attached hydrogens (tertiary/aromatic N) is 3. The SMILES string of the molecule is CC(C)c1ccc(OCCC(=O)Nc2ncn(CC(=O)NCc3ccccc3)n2)cc1. The van der Waals surface area contributed by atoms with Crippen LogP contribution in [0.5, 0.6) is 5.75 Å². The van der Waals surface area contributed by atoms with Crippen LogP contribution in [-0.4, -0.2) is 33.2 Å². The molecule has 2 N–H and O–H groups in total. The molecule has 0 radical (unpaired) electrons. The lowest BCUT2D eigenvalue weighted by atomic mass is 10.0. The fraction of sp³-hybridized carbons (Fsp3) is 0.304. The Labute approximate surface area is 181 Å². The second-order valence-corrected chi connectivity index (χ2v) is 7.40. The van der Waals surface area contributed by atoms with Crippen LogP contribution in [-0.2, 0) is 22.7 Å². The third-order valence-electron chi connectivity index (χ3n) is 4.57.